The molecule has 1 aromatic heterocycles. The van der Waals surface area contributed by atoms with Crippen LogP contribution < -0.4 is 10.6 Å². The van der Waals surface area contributed by atoms with Crippen molar-refractivity contribution >= 4 is 29.0 Å². The zero-order chi connectivity index (χ0) is 19.9. The van der Waals surface area contributed by atoms with Crippen molar-refractivity contribution in [2.45, 2.75) is 13.5 Å². The molecule has 2 aromatic carbocycles. The maximum atomic E-state index is 12.5. The Morgan fingerprint density at radius 3 is 2.39 bits per heavy atom. The molecule has 1 heterocycles. The van der Waals surface area contributed by atoms with Gasteiger partial charge in [0.15, 0.2) is 0 Å². The molecule has 7 heteroatoms. The van der Waals surface area contributed by atoms with Crippen molar-refractivity contribution in [1.82, 2.24) is 14.9 Å². The Balaban J connectivity index is 1.64. The van der Waals surface area contributed by atoms with Crippen molar-refractivity contribution < 1.29 is 9.59 Å². The Kier molecular flexibility index (Phi) is 5.96. The number of anilines is 3. The molecular weight excluding hydrogens is 354 g/mol. The van der Waals surface area contributed by atoms with E-state index in [9.17, 15) is 9.59 Å². The second-order valence-electron chi connectivity index (χ2n) is 6.32. The number of hydrogen-bond acceptors (Lipinski definition) is 5. The molecule has 0 saturated carbocycles. The summed E-state index contributed by atoms with van der Waals surface area (Å²) in [5.74, 6) is 0.164. The lowest BCUT2D eigenvalue weighted by atomic mass is 10.2. The van der Waals surface area contributed by atoms with Gasteiger partial charge >= 0.3 is 0 Å². The SMILES string of the molecule is CC(=O)Nc1cccc(Nc2cnc(C(=O)N(C)Cc3ccccc3)cn2)c1. The van der Waals surface area contributed by atoms with Crippen molar-refractivity contribution in [2.75, 3.05) is 17.7 Å². The topological polar surface area (TPSA) is 87.2 Å². The van der Waals surface area contributed by atoms with Gasteiger partial charge in [-0.25, -0.2) is 9.97 Å². The number of amides is 2. The molecule has 0 saturated heterocycles. The Bertz CT molecular complexity index is 958. The molecule has 0 spiro atoms. The van der Waals surface area contributed by atoms with E-state index in [1.165, 1.54) is 19.3 Å². The summed E-state index contributed by atoms with van der Waals surface area (Å²) in [6.45, 7) is 1.95. The van der Waals surface area contributed by atoms with Crippen molar-refractivity contribution in [3.05, 3.63) is 78.2 Å². The van der Waals surface area contributed by atoms with Gasteiger partial charge in [-0.15, -0.1) is 0 Å². The van der Waals surface area contributed by atoms with E-state index < -0.39 is 0 Å². The molecule has 28 heavy (non-hydrogen) atoms. The minimum absolute atomic E-state index is 0.139. The number of rotatable bonds is 6. The summed E-state index contributed by atoms with van der Waals surface area (Å²) in [6, 6.07) is 17.0. The smallest absolute Gasteiger partial charge is 0.274 e. The number of nitrogens with zero attached hydrogens (tertiary/aromatic N) is 3. The van der Waals surface area contributed by atoms with Gasteiger partial charge in [0.25, 0.3) is 5.91 Å². The van der Waals surface area contributed by atoms with Crippen LogP contribution in [0.3, 0.4) is 0 Å². The fraction of sp³-hybridized carbons (Fsp3) is 0.143. The lowest BCUT2D eigenvalue weighted by molar-refractivity contribution is -0.114. The normalized spacial score (nSPS) is 10.2. The summed E-state index contributed by atoms with van der Waals surface area (Å²) < 4.78 is 0. The fourth-order valence-electron chi connectivity index (χ4n) is 2.65. The quantitative estimate of drug-likeness (QED) is 0.689. The zero-order valence-electron chi connectivity index (χ0n) is 15.7. The van der Waals surface area contributed by atoms with Crippen LogP contribution in [0, 0.1) is 0 Å². The largest absolute Gasteiger partial charge is 0.339 e. The predicted octanol–water partition coefficient (Wildman–Crippen LogP) is 3.45. The molecule has 0 radical (unpaired) electrons. The molecule has 0 aliphatic heterocycles. The van der Waals surface area contributed by atoms with Crippen LogP contribution in [-0.2, 0) is 11.3 Å². The number of hydrogen-bond donors (Lipinski definition) is 2. The van der Waals surface area contributed by atoms with Crippen LogP contribution in [-0.4, -0.2) is 33.7 Å². The highest BCUT2D eigenvalue weighted by atomic mass is 16.2. The van der Waals surface area contributed by atoms with E-state index in [1.807, 2.05) is 42.5 Å². The van der Waals surface area contributed by atoms with Gasteiger partial charge < -0.3 is 15.5 Å². The van der Waals surface area contributed by atoms with Crippen LogP contribution >= 0.6 is 0 Å². The summed E-state index contributed by atoms with van der Waals surface area (Å²) in [6.07, 6.45) is 2.96. The minimum Gasteiger partial charge on any atom is -0.339 e. The monoisotopic (exact) mass is 375 g/mol. The lowest BCUT2D eigenvalue weighted by Crippen LogP contribution is -2.27. The van der Waals surface area contributed by atoms with Gasteiger partial charge in [-0.05, 0) is 23.8 Å². The summed E-state index contributed by atoms with van der Waals surface area (Å²) in [5.41, 5.74) is 2.75. The highest BCUT2D eigenvalue weighted by molar-refractivity contribution is 5.92. The molecule has 7 nitrogen and oxygen atoms in total. The molecule has 0 aliphatic carbocycles. The molecule has 0 fully saturated rings. The molecule has 2 amide bonds. The van der Waals surface area contributed by atoms with E-state index in [1.54, 1.807) is 24.1 Å². The third-order valence-corrected chi connectivity index (χ3v) is 3.94. The van der Waals surface area contributed by atoms with Crippen LogP contribution in [0.1, 0.15) is 23.0 Å². The van der Waals surface area contributed by atoms with Gasteiger partial charge in [-0.3, -0.25) is 9.59 Å². The van der Waals surface area contributed by atoms with Crippen LogP contribution in [0.25, 0.3) is 0 Å². The predicted molar refractivity (Wildman–Crippen MR) is 108 cm³/mol. The van der Waals surface area contributed by atoms with E-state index in [4.69, 9.17) is 0 Å². The summed E-state index contributed by atoms with van der Waals surface area (Å²) in [4.78, 5) is 33.8. The van der Waals surface area contributed by atoms with Gasteiger partial charge in [-0.2, -0.15) is 0 Å². The molecule has 142 valence electrons. The number of carbonyl (C=O) groups excluding carboxylic acids is 2. The van der Waals surface area contributed by atoms with Gasteiger partial charge in [0.1, 0.15) is 11.5 Å². The highest BCUT2D eigenvalue weighted by Gasteiger charge is 2.14. The van der Waals surface area contributed by atoms with Gasteiger partial charge in [0.05, 0.1) is 12.4 Å². The lowest BCUT2D eigenvalue weighted by Gasteiger charge is -2.16. The van der Waals surface area contributed by atoms with Crippen molar-refractivity contribution in [2.24, 2.45) is 0 Å². The Labute approximate surface area is 163 Å². The van der Waals surface area contributed by atoms with Crippen molar-refractivity contribution in [1.29, 1.82) is 0 Å². The average Bonchev–Trinajstić information content (AvgIpc) is 2.68. The third-order valence-electron chi connectivity index (χ3n) is 3.94. The van der Waals surface area contributed by atoms with Gasteiger partial charge in [-0.1, -0.05) is 36.4 Å². The summed E-state index contributed by atoms with van der Waals surface area (Å²) >= 11 is 0. The minimum atomic E-state index is -0.199. The maximum absolute atomic E-state index is 12.5. The molecule has 0 aliphatic rings. The fourth-order valence-corrected chi connectivity index (χ4v) is 2.65. The number of benzene rings is 2. The number of nitrogens with one attached hydrogen (secondary N) is 2. The summed E-state index contributed by atoms with van der Waals surface area (Å²) in [5, 5.41) is 5.83. The van der Waals surface area contributed by atoms with Crippen LogP contribution in [0.4, 0.5) is 17.2 Å². The molecular formula is C21H21N5O2. The highest BCUT2D eigenvalue weighted by Crippen LogP contribution is 2.18. The van der Waals surface area contributed by atoms with Crippen LogP contribution in [0.5, 0.6) is 0 Å². The molecule has 2 N–H and O–H groups in total. The van der Waals surface area contributed by atoms with Crippen LogP contribution in [0.2, 0.25) is 0 Å². The van der Waals surface area contributed by atoms with E-state index in [0.29, 0.717) is 18.1 Å². The Morgan fingerprint density at radius 1 is 0.964 bits per heavy atom. The first-order valence-electron chi connectivity index (χ1n) is 8.77. The van der Waals surface area contributed by atoms with Crippen molar-refractivity contribution in [3.8, 4) is 0 Å². The van der Waals surface area contributed by atoms with Crippen LogP contribution in [0.15, 0.2) is 67.0 Å². The zero-order valence-corrected chi connectivity index (χ0v) is 15.7. The molecule has 0 atom stereocenters. The second kappa shape index (κ2) is 8.77. The molecule has 0 bridgehead atoms. The maximum Gasteiger partial charge on any atom is 0.274 e. The third kappa shape index (κ3) is 5.14. The Morgan fingerprint density at radius 2 is 1.71 bits per heavy atom. The van der Waals surface area contributed by atoms with Crippen molar-refractivity contribution in [3.63, 3.8) is 0 Å². The second-order valence-corrected chi connectivity index (χ2v) is 6.32. The van der Waals surface area contributed by atoms with E-state index >= 15 is 0 Å². The number of aromatic nitrogens is 2. The first-order valence-corrected chi connectivity index (χ1v) is 8.77. The molecule has 3 aromatic rings. The van der Waals surface area contributed by atoms with E-state index in [2.05, 4.69) is 20.6 Å². The van der Waals surface area contributed by atoms with Gasteiger partial charge in [0, 0.05) is 31.9 Å². The molecule has 0 unspecified atom stereocenters. The number of carbonyl (C=O) groups is 2. The first kappa shape index (κ1) is 19.0. The average molecular weight is 375 g/mol. The van der Waals surface area contributed by atoms with E-state index in [-0.39, 0.29) is 17.5 Å². The first-order chi connectivity index (χ1) is 13.5. The standard InChI is InChI=1S/C21H21N5O2/c1-15(27)24-17-9-6-10-18(11-17)25-20-13-22-19(12-23-20)21(28)26(2)14-16-7-4-3-5-8-16/h3-13H,14H2,1-2H3,(H,23,25)(H,24,27). The summed E-state index contributed by atoms with van der Waals surface area (Å²) in [7, 11) is 1.73. The van der Waals surface area contributed by atoms with Gasteiger partial charge in [0.2, 0.25) is 5.91 Å². The Hall–Kier alpha value is -3.74. The molecule has 3 rings (SSSR count). The van der Waals surface area contributed by atoms with E-state index in [0.717, 1.165) is 11.3 Å².